The van der Waals surface area contributed by atoms with Gasteiger partial charge in [0, 0.05) is 36.5 Å². The van der Waals surface area contributed by atoms with E-state index < -0.39 is 11.3 Å². The molecule has 2 aromatic carbocycles. The van der Waals surface area contributed by atoms with Crippen LogP contribution in [0.1, 0.15) is 17.0 Å². The number of hydrogen-bond acceptors (Lipinski definition) is 5. The molecule has 2 atom stereocenters. The van der Waals surface area contributed by atoms with E-state index in [1.165, 1.54) is 5.56 Å². The second kappa shape index (κ2) is 8.29. The van der Waals surface area contributed by atoms with Gasteiger partial charge in [0.2, 0.25) is 0 Å². The van der Waals surface area contributed by atoms with Crippen LogP contribution < -0.4 is 5.73 Å². The number of hydrogen-bond donors (Lipinski definition) is 1. The Kier molecular flexibility index (Phi) is 5.53. The van der Waals surface area contributed by atoms with Crippen LogP contribution in [0.2, 0.25) is 5.02 Å². The van der Waals surface area contributed by atoms with E-state index in [9.17, 15) is 15.8 Å². The maximum Gasteiger partial charge on any atom is 0.191 e. The lowest BCUT2D eigenvalue weighted by molar-refractivity contribution is 0.201. The maximum absolute atomic E-state index is 10.2. The van der Waals surface area contributed by atoms with Crippen molar-refractivity contribution in [2.45, 2.75) is 12.5 Å². The van der Waals surface area contributed by atoms with Crippen molar-refractivity contribution in [1.29, 1.82) is 15.8 Å². The zero-order chi connectivity index (χ0) is 22.0. The summed E-state index contributed by atoms with van der Waals surface area (Å²) in [5.41, 5.74) is 7.61. The maximum atomic E-state index is 10.2. The molecule has 0 aromatic heterocycles. The van der Waals surface area contributed by atoms with Gasteiger partial charge in [0.1, 0.15) is 6.07 Å². The van der Waals surface area contributed by atoms with E-state index in [1.807, 2.05) is 42.5 Å². The summed E-state index contributed by atoms with van der Waals surface area (Å²) in [6.07, 6.45) is 2.00. The molecule has 0 saturated heterocycles. The summed E-state index contributed by atoms with van der Waals surface area (Å²) in [6, 6.07) is 23.8. The standard InChI is InChI=1S/C25H20ClN5/c26-22-9-5-4-8-19(22)23-21-14-31(13-17-6-2-1-3-7-17)11-10-18(21)20(12-27)24(30)25(23,15-28)16-29/h1-10,21,23H,11,13-14,30H2. The molecule has 0 radical (unpaired) electrons. The molecule has 5 nitrogen and oxygen atoms in total. The first kappa shape index (κ1) is 20.7. The van der Waals surface area contributed by atoms with Gasteiger partial charge < -0.3 is 5.73 Å². The zero-order valence-corrected chi connectivity index (χ0v) is 17.5. The van der Waals surface area contributed by atoms with Gasteiger partial charge in [0.15, 0.2) is 5.41 Å². The van der Waals surface area contributed by atoms with Crippen LogP contribution in [0.4, 0.5) is 0 Å². The fourth-order valence-electron chi connectivity index (χ4n) is 4.78. The van der Waals surface area contributed by atoms with Gasteiger partial charge in [-0.15, -0.1) is 0 Å². The van der Waals surface area contributed by atoms with Gasteiger partial charge in [-0.25, -0.2) is 0 Å². The summed E-state index contributed by atoms with van der Waals surface area (Å²) in [4.78, 5) is 2.25. The first-order valence-corrected chi connectivity index (χ1v) is 10.4. The minimum absolute atomic E-state index is 0.0175. The summed E-state index contributed by atoms with van der Waals surface area (Å²) >= 11 is 6.54. The average Bonchev–Trinajstić information content (AvgIpc) is 2.80. The summed E-state index contributed by atoms with van der Waals surface area (Å²) in [5, 5.41) is 30.7. The third-order valence-corrected chi connectivity index (χ3v) is 6.57. The lowest BCUT2D eigenvalue weighted by Crippen LogP contribution is -2.47. The van der Waals surface area contributed by atoms with E-state index >= 15 is 0 Å². The van der Waals surface area contributed by atoms with Crippen LogP contribution in [-0.2, 0) is 6.54 Å². The second-order valence-electron chi connectivity index (χ2n) is 7.88. The van der Waals surface area contributed by atoms with Crippen LogP contribution in [0.3, 0.4) is 0 Å². The Morgan fingerprint density at radius 1 is 1.03 bits per heavy atom. The minimum atomic E-state index is -1.67. The van der Waals surface area contributed by atoms with Gasteiger partial charge in [-0.2, -0.15) is 15.8 Å². The molecule has 0 fully saturated rings. The molecule has 2 unspecified atom stereocenters. The van der Waals surface area contributed by atoms with Crippen molar-refractivity contribution in [1.82, 2.24) is 4.90 Å². The Morgan fingerprint density at radius 2 is 1.71 bits per heavy atom. The Hall–Kier alpha value is -3.56. The van der Waals surface area contributed by atoms with E-state index in [0.717, 1.165) is 12.1 Å². The molecule has 1 aliphatic heterocycles. The molecule has 2 aliphatic rings. The first-order valence-electron chi connectivity index (χ1n) is 9.99. The number of nitriles is 3. The van der Waals surface area contributed by atoms with Gasteiger partial charge in [-0.1, -0.05) is 66.2 Å². The molecule has 0 saturated carbocycles. The summed E-state index contributed by atoms with van der Waals surface area (Å²) in [6.45, 7) is 1.96. The number of fused-ring (bicyclic) bond motifs is 1. The Morgan fingerprint density at radius 3 is 2.35 bits per heavy atom. The lowest BCUT2D eigenvalue weighted by Gasteiger charge is -2.45. The van der Waals surface area contributed by atoms with Crippen molar-refractivity contribution in [3.8, 4) is 18.2 Å². The first-order chi connectivity index (χ1) is 15.1. The van der Waals surface area contributed by atoms with E-state index in [2.05, 4.69) is 35.2 Å². The van der Waals surface area contributed by atoms with Crippen molar-refractivity contribution in [2.75, 3.05) is 13.1 Å². The highest BCUT2D eigenvalue weighted by atomic mass is 35.5. The summed E-state index contributed by atoms with van der Waals surface area (Å²) in [5.74, 6) is -0.850. The van der Waals surface area contributed by atoms with Crippen LogP contribution in [0.15, 0.2) is 77.5 Å². The van der Waals surface area contributed by atoms with E-state index in [0.29, 0.717) is 23.7 Å². The normalized spacial score (nSPS) is 22.5. The molecule has 152 valence electrons. The topological polar surface area (TPSA) is 101 Å². The summed E-state index contributed by atoms with van der Waals surface area (Å²) in [7, 11) is 0. The molecule has 0 bridgehead atoms. The molecule has 31 heavy (non-hydrogen) atoms. The molecule has 0 amide bonds. The monoisotopic (exact) mass is 425 g/mol. The zero-order valence-electron chi connectivity index (χ0n) is 16.8. The quantitative estimate of drug-likeness (QED) is 0.791. The Labute approximate surface area is 186 Å². The number of halogens is 1. The Balaban J connectivity index is 1.87. The third-order valence-electron chi connectivity index (χ3n) is 6.23. The van der Waals surface area contributed by atoms with E-state index in [4.69, 9.17) is 17.3 Å². The molecule has 1 aliphatic carbocycles. The molecule has 2 aromatic rings. The number of nitrogens with zero attached hydrogens (tertiary/aromatic N) is 4. The van der Waals surface area contributed by atoms with Crippen LogP contribution in [-0.4, -0.2) is 18.0 Å². The fraction of sp³-hybridized carbons (Fsp3) is 0.240. The predicted molar refractivity (Wildman–Crippen MR) is 118 cm³/mol. The molecular weight excluding hydrogens is 406 g/mol. The number of rotatable bonds is 3. The van der Waals surface area contributed by atoms with Crippen LogP contribution in [0.5, 0.6) is 0 Å². The highest BCUT2D eigenvalue weighted by Crippen LogP contribution is 2.55. The predicted octanol–water partition coefficient (Wildman–Crippen LogP) is 4.27. The van der Waals surface area contributed by atoms with Gasteiger partial charge in [0.25, 0.3) is 0 Å². The molecule has 2 N–H and O–H groups in total. The highest BCUT2D eigenvalue weighted by molar-refractivity contribution is 6.31. The van der Waals surface area contributed by atoms with Crippen molar-refractivity contribution >= 4 is 11.6 Å². The largest absolute Gasteiger partial charge is 0.399 e. The lowest BCUT2D eigenvalue weighted by atomic mass is 9.58. The number of nitrogens with two attached hydrogens (primary N) is 1. The number of allylic oxidation sites excluding steroid dienone is 2. The van der Waals surface area contributed by atoms with E-state index in [-0.39, 0.29) is 17.2 Å². The van der Waals surface area contributed by atoms with E-state index in [1.54, 1.807) is 6.07 Å². The van der Waals surface area contributed by atoms with Gasteiger partial charge in [-0.3, -0.25) is 4.90 Å². The SMILES string of the molecule is N#CC1=C(N)C(C#N)(C#N)C(c2ccccc2Cl)C2CN(Cc3ccccc3)CC=C12. The highest BCUT2D eigenvalue weighted by Gasteiger charge is 2.54. The van der Waals surface area contributed by atoms with Gasteiger partial charge in [0.05, 0.1) is 23.4 Å². The van der Waals surface area contributed by atoms with Gasteiger partial charge in [-0.05, 0) is 22.8 Å². The van der Waals surface area contributed by atoms with Crippen molar-refractivity contribution in [3.05, 3.63) is 93.7 Å². The fourth-order valence-corrected chi connectivity index (χ4v) is 5.03. The number of benzene rings is 2. The molecule has 4 rings (SSSR count). The molecular formula is C25H20ClN5. The van der Waals surface area contributed by atoms with Crippen molar-refractivity contribution in [3.63, 3.8) is 0 Å². The minimum Gasteiger partial charge on any atom is -0.399 e. The average molecular weight is 426 g/mol. The third kappa shape index (κ3) is 3.37. The Bertz CT molecular complexity index is 1180. The summed E-state index contributed by atoms with van der Waals surface area (Å²) < 4.78 is 0. The van der Waals surface area contributed by atoms with Crippen LogP contribution in [0, 0.1) is 45.3 Å². The van der Waals surface area contributed by atoms with Crippen LogP contribution in [0.25, 0.3) is 0 Å². The van der Waals surface area contributed by atoms with Gasteiger partial charge >= 0.3 is 0 Å². The second-order valence-corrected chi connectivity index (χ2v) is 8.28. The smallest absolute Gasteiger partial charge is 0.191 e. The van der Waals surface area contributed by atoms with Crippen molar-refractivity contribution in [2.24, 2.45) is 17.1 Å². The van der Waals surface area contributed by atoms with Crippen molar-refractivity contribution < 1.29 is 0 Å². The molecule has 6 heteroatoms. The van der Waals surface area contributed by atoms with Crippen LogP contribution >= 0.6 is 11.6 Å². The molecule has 1 heterocycles. The molecule has 0 spiro atoms.